The zero-order valence-corrected chi connectivity index (χ0v) is 16.2. The maximum Gasteiger partial charge on any atom is 0.281 e. The van der Waals surface area contributed by atoms with E-state index in [2.05, 4.69) is 5.32 Å². The van der Waals surface area contributed by atoms with E-state index in [0.29, 0.717) is 41.2 Å². The van der Waals surface area contributed by atoms with Crippen molar-refractivity contribution in [2.24, 2.45) is 0 Å². The molecular weight excluding hydrogens is 388 g/mol. The van der Waals surface area contributed by atoms with Crippen LogP contribution in [-0.2, 0) is 9.53 Å². The monoisotopic (exact) mass is 409 g/mol. The maximum absolute atomic E-state index is 13.3. The zero-order chi connectivity index (χ0) is 20.5. The summed E-state index contributed by atoms with van der Waals surface area (Å²) >= 11 is 0. The van der Waals surface area contributed by atoms with E-state index < -0.39 is 0 Å². The Morgan fingerprint density at radius 2 is 1.83 bits per heavy atom. The molecule has 1 saturated heterocycles. The Bertz CT molecular complexity index is 1170. The summed E-state index contributed by atoms with van der Waals surface area (Å²) < 4.78 is 22.1. The van der Waals surface area contributed by atoms with E-state index in [4.69, 9.17) is 18.6 Å². The molecule has 0 unspecified atom stereocenters. The summed E-state index contributed by atoms with van der Waals surface area (Å²) in [7, 11) is 0. The molecule has 3 aromatic rings. The Balaban J connectivity index is 1.55. The lowest BCUT2D eigenvalue weighted by molar-refractivity contribution is -0.899. The number of benzene rings is 2. The Morgan fingerprint density at radius 3 is 2.70 bits per heavy atom. The van der Waals surface area contributed by atoms with Crippen LogP contribution in [0.3, 0.4) is 0 Å². The lowest BCUT2D eigenvalue weighted by Crippen LogP contribution is -3.15. The lowest BCUT2D eigenvalue weighted by Gasteiger charge is -2.23. The van der Waals surface area contributed by atoms with Crippen LogP contribution >= 0.6 is 0 Å². The van der Waals surface area contributed by atoms with Crippen LogP contribution in [0.5, 0.6) is 11.5 Å². The summed E-state index contributed by atoms with van der Waals surface area (Å²) in [6.07, 6.45) is 0. The second-order valence-electron chi connectivity index (χ2n) is 7.29. The molecule has 5 rings (SSSR count). The van der Waals surface area contributed by atoms with Gasteiger partial charge in [0.05, 0.1) is 24.2 Å². The largest absolute Gasteiger partial charge is 0.454 e. The molecule has 1 amide bonds. The molecule has 1 aromatic heterocycles. The number of carbonyl (C=O) groups excluding carboxylic acids is 1. The standard InChI is InChI=1S/C22H20N2O6/c25-19(12-24-7-9-27-10-8-24)23-22-20(14-5-6-17-18(11-14)29-13-28-17)21(26)15-3-1-2-4-16(15)30-22/h1-6,11H,7-10,12-13H2,(H,23,25)/p+1. The van der Waals surface area contributed by atoms with Gasteiger partial charge in [-0.3, -0.25) is 14.9 Å². The average molecular weight is 409 g/mol. The van der Waals surface area contributed by atoms with Crippen LogP contribution in [0.4, 0.5) is 5.88 Å². The number of rotatable bonds is 4. The van der Waals surface area contributed by atoms with Crippen molar-refractivity contribution >= 4 is 22.8 Å². The molecule has 8 heteroatoms. The molecular formula is C22H21N2O6+. The number of carbonyl (C=O) groups is 1. The Morgan fingerprint density at radius 1 is 1.03 bits per heavy atom. The van der Waals surface area contributed by atoms with Crippen molar-refractivity contribution in [2.75, 3.05) is 45.0 Å². The highest BCUT2D eigenvalue weighted by Gasteiger charge is 2.23. The minimum absolute atomic E-state index is 0.134. The number of anilines is 1. The Kier molecular flexibility index (Phi) is 4.86. The van der Waals surface area contributed by atoms with Gasteiger partial charge in [0, 0.05) is 0 Å². The minimum atomic E-state index is -0.218. The molecule has 154 valence electrons. The number of nitrogens with one attached hydrogen (secondary N) is 2. The molecule has 0 saturated carbocycles. The van der Waals surface area contributed by atoms with E-state index in [1.54, 1.807) is 42.5 Å². The molecule has 0 aliphatic carbocycles. The Hall–Kier alpha value is -3.36. The third kappa shape index (κ3) is 3.51. The fraction of sp³-hybridized carbons (Fsp3) is 0.273. The van der Waals surface area contributed by atoms with E-state index in [0.717, 1.165) is 18.0 Å². The zero-order valence-electron chi connectivity index (χ0n) is 16.2. The van der Waals surface area contributed by atoms with Gasteiger partial charge in [-0.2, -0.15) is 0 Å². The first-order chi connectivity index (χ1) is 14.7. The number of hydrogen-bond donors (Lipinski definition) is 2. The first-order valence-electron chi connectivity index (χ1n) is 9.86. The summed E-state index contributed by atoms with van der Waals surface area (Å²) in [6, 6.07) is 12.2. The molecule has 0 radical (unpaired) electrons. The van der Waals surface area contributed by atoms with Crippen LogP contribution in [0, 0.1) is 0 Å². The summed E-state index contributed by atoms with van der Waals surface area (Å²) in [5.41, 5.74) is 1.08. The molecule has 30 heavy (non-hydrogen) atoms. The first-order valence-corrected chi connectivity index (χ1v) is 9.86. The van der Waals surface area contributed by atoms with Crippen LogP contribution in [0.2, 0.25) is 0 Å². The quantitative estimate of drug-likeness (QED) is 0.669. The molecule has 0 bridgehead atoms. The minimum Gasteiger partial charge on any atom is -0.454 e. The molecule has 2 N–H and O–H groups in total. The number of para-hydroxylation sites is 1. The van der Waals surface area contributed by atoms with E-state index in [-0.39, 0.29) is 36.1 Å². The van der Waals surface area contributed by atoms with E-state index >= 15 is 0 Å². The fourth-order valence-electron chi connectivity index (χ4n) is 3.78. The van der Waals surface area contributed by atoms with Crippen LogP contribution in [0.25, 0.3) is 22.1 Å². The van der Waals surface area contributed by atoms with E-state index in [1.165, 1.54) is 0 Å². The third-order valence-electron chi connectivity index (χ3n) is 5.32. The number of morpholine rings is 1. The topological polar surface area (TPSA) is 91.4 Å². The van der Waals surface area contributed by atoms with Crippen molar-refractivity contribution in [3.63, 3.8) is 0 Å². The highest BCUT2D eigenvalue weighted by Crippen LogP contribution is 2.37. The third-order valence-corrected chi connectivity index (χ3v) is 5.32. The second-order valence-corrected chi connectivity index (χ2v) is 7.29. The second kappa shape index (κ2) is 7.81. The summed E-state index contributed by atoms with van der Waals surface area (Å²) in [5.74, 6) is 1.09. The number of fused-ring (bicyclic) bond motifs is 2. The molecule has 0 atom stereocenters. The lowest BCUT2D eigenvalue weighted by atomic mass is 10.0. The van der Waals surface area contributed by atoms with Crippen molar-refractivity contribution in [1.82, 2.24) is 0 Å². The van der Waals surface area contributed by atoms with Gasteiger partial charge in [0.15, 0.2) is 18.0 Å². The van der Waals surface area contributed by atoms with Gasteiger partial charge in [-0.05, 0) is 29.8 Å². The van der Waals surface area contributed by atoms with E-state index in [9.17, 15) is 9.59 Å². The highest BCUT2D eigenvalue weighted by atomic mass is 16.7. The predicted molar refractivity (Wildman–Crippen MR) is 109 cm³/mol. The summed E-state index contributed by atoms with van der Waals surface area (Å²) in [4.78, 5) is 27.2. The van der Waals surface area contributed by atoms with Gasteiger partial charge in [-0.25, -0.2) is 0 Å². The number of amides is 1. The number of quaternary nitrogens is 1. The molecule has 8 nitrogen and oxygen atoms in total. The van der Waals surface area contributed by atoms with Gasteiger partial charge < -0.3 is 23.5 Å². The smallest absolute Gasteiger partial charge is 0.281 e. The first kappa shape index (κ1) is 18.7. The van der Waals surface area contributed by atoms with Gasteiger partial charge in [0.1, 0.15) is 18.7 Å². The normalized spacial score (nSPS) is 16.0. The van der Waals surface area contributed by atoms with Gasteiger partial charge in [-0.1, -0.05) is 18.2 Å². The fourth-order valence-corrected chi connectivity index (χ4v) is 3.78. The number of hydrogen-bond acceptors (Lipinski definition) is 6. The van der Waals surface area contributed by atoms with Crippen LogP contribution in [0.15, 0.2) is 51.7 Å². The van der Waals surface area contributed by atoms with Gasteiger partial charge in [0.25, 0.3) is 5.91 Å². The summed E-state index contributed by atoms with van der Waals surface area (Å²) in [6.45, 7) is 3.22. The molecule has 2 aliphatic rings. The van der Waals surface area contributed by atoms with Gasteiger partial charge in [-0.15, -0.1) is 0 Å². The van der Waals surface area contributed by atoms with Crippen molar-refractivity contribution in [1.29, 1.82) is 0 Å². The maximum atomic E-state index is 13.3. The Labute approximate surface area is 171 Å². The van der Waals surface area contributed by atoms with Crippen LogP contribution < -0.4 is 25.1 Å². The SMILES string of the molecule is O=C(C[NH+]1CCOCC1)Nc1oc2ccccc2c(=O)c1-c1ccc2c(c1)OCO2. The predicted octanol–water partition coefficient (Wildman–Crippen LogP) is 1.04. The van der Waals surface area contributed by atoms with Gasteiger partial charge >= 0.3 is 0 Å². The molecule has 3 heterocycles. The molecule has 2 aliphatic heterocycles. The van der Waals surface area contributed by atoms with E-state index in [1.807, 2.05) is 0 Å². The molecule has 0 spiro atoms. The average Bonchev–Trinajstić information content (AvgIpc) is 3.22. The van der Waals surface area contributed by atoms with Crippen molar-refractivity contribution in [3.8, 4) is 22.6 Å². The van der Waals surface area contributed by atoms with Crippen LogP contribution in [0.1, 0.15) is 0 Å². The molecule has 2 aromatic carbocycles. The van der Waals surface area contributed by atoms with Crippen LogP contribution in [-0.4, -0.2) is 45.5 Å². The summed E-state index contributed by atoms with van der Waals surface area (Å²) in [5, 5.41) is 3.26. The highest BCUT2D eigenvalue weighted by molar-refractivity contribution is 5.96. The van der Waals surface area contributed by atoms with Gasteiger partial charge in [0.2, 0.25) is 18.1 Å². The van der Waals surface area contributed by atoms with Crippen molar-refractivity contribution in [2.45, 2.75) is 0 Å². The van der Waals surface area contributed by atoms with Crippen molar-refractivity contribution in [3.05, 3.63) is 52.7 Å². The molecule has 1 fully saturated rings. The van der Waals surface area contributed by atoms with Crippen molar-refractivity contribution < 1.29 is 28.3 Å². The number of ether oxygens (including phenoxy) is 3.